The monoisotopic (exact) mass is 409 g/mol. The third-order valence-corrected chi connectivity index (χ3v) is 6.86. The molecule has 1 fully saturated rings. The minimum Gasteiger partial charge on any atom is -0.453 e. The maximum absolute atomic E-state index is 13.9. The molecule has 0 atom stereocenters. The van der Waals surface area contributed by atoms with Crippen LogP contribution < -0.4 is 0 Å². The van der Waals surface area contributed by atoms with Crippen LogP contribution in [-0.2, 0) is 14.6 Å². The van der Waals surface area contributed by atoms with E-state index in [0.29, 0.717) is 31.5 Å². The van der Waals surface area contributed by atoms with Gasteiger partial charge in [-0.2, -0.15) is 0 Å². The van der Waals surface area contributed by atoms with Crippen molar-refractivity contribution in [1.82, 2.24) is 4.90 Å². The average Bonchev–Trinajstić information content (AvgIpc) is 2.68. The minimum atomic E-state index is -3.51. The summed E-state index contributed by atoms with van der Waals surface area (Å²) in [6, 6.07) is 9.19. The van der Waals surface area contributed by atoms with Crippen molar-refractivity contribution in [2.75, 3.05) is 26.0 Å². The molecule has 150 valence electrons. The van der Waals surface area contributed by atoms with Gasteiger partial charge in [0.2, 0.25) is 0 Å². The molecule has 8 heteroatoms. The van der Waals surface area contributed by atoms with Gasteiger partial charge < -0.3 is 9.64 Å². The largest absolute Gasteiger partial charge is 0.453 e. The number of rotatable bonds is 4. The number of benzene rings is 2. The Morgan fingerprint density at radius 2 is 1.75 bits per heavy atom. The summed E-state index contributed by atoms with van der Waals surface area (Å²) in [5.41, 5.74) is 0.684. The minimum absolute atomic E-state index is 0.00767. The molecule has 2 aromatic rings. The average molecular weight is 409 g/mol. The fraction of sp³-hybridized carbons (Fsp3) is 0.350. The molecule has 0 saturated carbocycles. The number of carbonyl (C=O) groups excluding carboxylic acids is 1. The molecule has 0 N–H and O–H groups in total. The van der Waals surface area contributed by atoms with Crippen LogP contribution in [0.5, 0.6) is 0 Å². The lowest BCUT2D eigenvalue weighted by molar-refractivity contribution is 0.108. The van der Waals surface area contributed by atoms with Crippen molar-refractivity contribution in [3.63, 3.8) is 0 Å². The summed E-state index contributed by atoms with van der Waals surface area (Å²) in [6.45, 7) is 0.936. The smallest absolute Gasteiger partial charge is 0.409 e. The first kappa shape index (κ1) is 20.3. The van der Waals surface area contributed by atoms with Crippen LogP contribution in [0.4, 0.5) is 13.6 Å². The van der Waals surface area contributed by atoms with Crippen LogP contribution in [0.2, 0.25) is 0 Å². The number of amides is 1. The fourth-order valence-corrected chi connectivity index (χ4v) is 5.08. The van der Waals surface area contributed by atoms with E-state index in [-0.39, 0.29) is 22.1 Å². The number of nitrogens with zero attached hydrogens (tertiary/aromatic N) is 1. The highest BCUT2D eigenvalue weighted by molar-refractivity contribution is 7.91. The Labute approximate surface area is 162 Å². The van der Waals surface area contributed by atoms with E-state index in [4.69, 9.17) is 0 Å². The van der Waals surface area contributed by atoms with Gasteiger partial charge in [-0.05, 0) is 48.6 Å². The van der Waals surface area contributed by atoms with Crippen LogP contribution in [0.25, 0.3) is 11.1 Å². The quantitative estimate of drug-likeness (QED) is 0.769. The molecule has 1 aliphatic heterocycles. The molecular weight excluding hydrogens is 388 g/mol. The third kappa shape index (κ3) is 4.49. The molecule has 0 unspecified atom stereocenters. The predicted molar refractivity (Wildman–Crippen MR) is 101 cm³/mol. The summed E-state index contributed by atoms with van der Waals surface area (Å²) in [7, 11) is -2.19. The second kappa shape index (κ2) is 8.26. The van der Waals surface area contributed by atoms with Gasteiger partial charge in [-0.25, -0.2) is 22.0 Å². The second-order valence-corrected chi connectivity index (χ2v) is 8.86. The molecular formula is C20H21F2NO4S. The first-order valence-corrected chi connectivity index (χ1v) is 10.6. The number of carbonyl (C=O) groups is 1. The number of likely N-dealkylation sites (tertiary alicyclic amines) is 1. The van der Waals surface area contributed by atoms with Crippen LogP contribution in [0.15, 0.2) is 47.4 Å². The SMILES string of the molecule is COC(=O)N1CCC(CS(=O)(=O)c2ccc(-c3ccc(F)cc3F)cc2)CC1. The number of sulfone groups is 1. The van der Waals surface area contributed by atoms with E-state index < -0.39 is 27.6 Å². The third-order valence-electron chi connectivity index (χ3n) is 4.96. The zero-order chi connectivity index (χ0) is 20.3. The summed E-state index contributed by atoms with van der Waals surface area (Å²) in [6.07, 6.45) is 0.783. The van der Waals surface area contributed by atoms with Gasteiger partial charge in [0.25, 0.3) is 0 Å². The maximum Gasteiger partial charge on any atom is 0.409 e. The van der Waals surface area contributed by atoms with Crippen molar-refractivity contribution in [2.45, 2.75) is 17.7 Å². The van der Waals surface area contributed by atoms with E-state index in [0.717, 1.165) is 12.1 Å². The number of halogens is 2. The molecule has 1 aliphatic rings. The number of hydrogen-bond donors (Lipinski definition) is 0. The molecule has 5 nitrogen and oxygen atoms in total. The van der Waals surface area contributed by atoms with Crippen LogP contribution >= 0.6 is 0 Å². The number of methoxy groups -OCH3 is 1. The van der Waals surface area contributed by atoms with Gasteiger partial charge in [0.15, 0.2) is 9.84 Å². The van der Waals surface area contributed by atoms with Crippen molar-refractivity contribution < 1.29 is 26.7 Å². The number of hydrogen-bond acceptors (Lipinski definition) is 4. The topological polar surface area (TPSA) is 63.7 Å². The normalized spacial score (nSPS) is 15.5. The van der Waals surface area contributed by atoms with Crippen LogP contribution in [0.1, 0.15) is 12.8 Å². The predicted octanol–water partition coefficient (Wildman–Crippen LogP) is 3.88. The molecule has 1 heterocycles. The van der Waals surface area contributed by atoms with Crippen molar-refractivity contribution >= 4 is 15.9 Å². The van der Waals surface area contributed by atoms with E-state index in [2.05, 4.69) is 4.74 Å². The molecule has 0 aliphatic carbocycles. The molecule has 1 amide bonds. The van der Waals surface area contributed by atoms with Gasteiger partial charge >= 0.3 is 6.09 Å². The Hall–Kier alpha value is -2.48. The Morgan fingerprint density at radius 3 is 2.32 bits per heavy atom. The number of piperidine rings is 1. The molecule has 0 radical (unpaired) electrons. The Kier molecular flexibility index (Phi) is 5.98. The summed E-state index contributed by atoms with van der Waals surface area (Å²) < 4.78 is 57.0. The van der Waals surface area contributed by atoms with Crippen molar-refractivity contribution in [3.8, 4) is 11.1 Å². The van der Waals surface area contributed by atoms with Gasteiger partial charge in [-0.1, -0.05) is 12.1 Å². The summed E-state index contributed by atoms with van der Waals surface area (Å²) >= 11 is 0. The van der Waals surface area contributed by atoms with Gasteiger partial charge in [-0.3, -0.25) is 0 Å². The molecule has 1 saturated heterocycles. The first-order valence-electron chi connectivity index (χ1n) is 8.91. The highest BCUT2D eigenvalue weighted by Gasteiger charge is 2.27. The van der Waals surface area contributed by atoms with E-state index in [1.54, 1.807) is 4.90 Å². The van der Waals surface area contributed by atoms with Crippen molar-refractivity contribution in [2.24, 2.45) is 5.92 Å². The van der Waals surface area contributed by atoms with Crippen molar-refractivity contribution in [1.29, 1.82) is 0 Å². The van der Waals surface area contributed by atoms with E-state index in [9.17, 15) is 22.0 Å². The summed E-state index contributed by atoms with van der Waals surface area (Å²) in [5.74, 6) is -1.42. The van der Waals surface area contributed by atoms with Crippen molar-refractivity contribution in [3.05, 3.63) is 54.1 Å². The van der Waals surface area contributed by atoms with Crippen LogP contribution in [0, 0.1) is 17.6 Å². The molecule has 0 bridgehead atoms. The highest BCUT2D eigenvalue weighted by atomic mass is 32.2. The highest BCUT2D eigenvalue weighted by Crippen LogP contribution is 2.27. The number of ether oxygens (including phenoxy) is 1. The molecule has 28 heavy (non-hydrogen) atoms. The fourth-order valence-electron chi connectivity index (χ4n) is 3.38. The molecule has 0 spiro atoms. The lowest BCUT2D eigenvalue weighted by Crippen LogP contribution is -2.39. The van der Waals surface area contributed by atoms with Crippen LogP contribution in [0.3, 0.4) is 0 Å². The van der Waals surface area contributed by atoms with E-state index >= 15 is 0 Å². The molecule has 2 aromatic carbocycles. The molecule has 3 rings (SSSR count). The van der Waals surface area contributed by atoms with Gasteiger partial charge in [0.1, 0.15) is 11.6 Å². The first-order chi connectivity index (χ1) is 13.3. The summed E-state index contributed by atoms with van der Waals surface area (Å²) in [5, 5.41) is 0. The zero-order valence-electron chi connectivity index (χ0n) is 15.4. The standard InChI is InChI=1S/C20H21F2NO4S/c1-27-20(24)23-10-8-14(9-11-23)13-28(25,26)17-5-2-15(3-6-17)18-7-4-16(21)12-19(18)22/h2-7,12,14H,8-11,13H2,1H3. The lowest BCUT2D eigenvalue weighted by Gasteiger charge is -2.30. The maximum atomic E-state index is 13.9. The lowest BCUT2D eigenvalue weighted by atomic mass is 9.99. The van der Waals surface area contributed by atoms with Gasteiger partial charge in [0, 0.05) is 24.7 Å². The van der Waals surface area contributed by atoms with Crippen LogP contribution in [-0.4, -0.2) is 45.4 Å². The Morgan fingerprint density at radius 1 is 1.11 bits per heavy atom. The van der Waals surface area contributed by atoms with E-state index in [1.165, 1.54) is 37.4 Å². The zero-order valence-corrected chi connectivity index (χ0v) is 16.2. The summed E-state index contributed by atoms with van der Waals surface area (Å²) in [4.78, 5) is 13.2. The Bertz CT molecular complexity index is 953. The van der Waals surface area contributed by atoms with E-state index in [1.807, 2.05) is 0 Å². The Balaban J connectivity index is 1.68. The second-order valence-electron chi connectivity index (χ2n) is 6.83. The van der Waals surface area contributed by atoms with Gasteiger partial charge in [-0.15, -0.1) is 0 Å². The van der Waals surface area contributed by atoms with Gasteiger partial charge in [0.05, 0.1) is 17.8 Å². The molecule has 0 aromatic heterocycles.